The minimum Gasteiger partial charge on any atom is -0.391 e. The van der Waals surface area contributed by atoms with Crippen LogP contribution >= 0.6 is 11.3 Å². The number of aromatic amines is 1. The quantitative estimate of drug-likeness (QED) is 0.0271. The van der Waals surface area contributed by atoms with Crippen LogP contribution in [0.4, 0.5) is 34.8 Å². The third-order valence-electron chi connectivity index (χ3n) is 17.6. The highest BCUT2D eigenvalue weighted by Gasteiger charge is 2.45. The van der Waals surface area contributed by atoms with Crippen molar-refractivity contribution in [2.75, 3.05) is 74.5 Å². The van der Waals surface area contributed by atoms with E-state index in [-0.39, 0.29) is 97.2 Å². The number of rotatable bonds is 25. The third-order valence-corrected chi connectivity index (χ3v) is 18.6. The van der Waals surface area contributed by atoms with Crippen molar-refractivity contribution in [3.05, 3.63) is 111 Å². The number of Topliss-reactive ketones (excluding diaryl/α,β-unsaturated/α-hetero) is 1. The summed E-state index contributed by atoms with van der Waals surface area (Å²) in [6, 6.07) is 13.4. The Labute approximate surface area is 527 Å². The number of pyridine rings is 2. The molecular formula is C66H85F4N11O8S. The number of alkyl halides is 3. The molecule has 5 N–H and O–H groups in total. The molecule has 0 bridgehead atoms. The number of aliphatic hydroxyl groups excluding tert-OH is 1. The summed E-state index contributed by atoms with van der Waals surface area (Å²) in [6.45, 7) is 15.1. The molecule has 3 fully saturated rings. The molecular weight excluding hydrogens is 1180 g/mol. The highest BCUT2D eigenvalue weighted by molar-refractivity contribution is 7.13. The van der Waals surface area contributed by atoms with Crippen LogP contribution in [0.15, 0.2) is 77.3 Å². The molecule has 24 heteroatoms. The number of halogens is 4. The summed E-state index contributed by atoms with van der Waals surface area (Å²) in [4.78, 5) is 114. The van der Waals surface area contributed by atoms with E-state index in [0.29, 0.717) is 82.3 Å². The van der Waals surface area contributed by atoms with Crippen LogP contribution in [0.1, 0.15) is 139 Å². The van der Waals surface area contributed by atoms with Gasteiger partial charge in [-0.25, -0.2) is 14.4 Å². The first kappa shape index (κ1) is 68.3. The number of likely N-dealkylation sites (N-methyl/N-ethyl adjacent to an activating group) is 1. The minimum atomic E-state index is -5.00. The van der Waals surface area contributed by atoms with E-state index < -0.39 is 58.1 Å². The van der Waals surface area contributed by atoms with Crippen molar-refractivity contribution in [1.29, 1.82) is 0 Å². The number of nitrogens with zero attached hydrogens (tertiary/aromatic N) is 7. The number of amides is 5. The average molecular weight is 1270 g/mol. The van der Waals surface area contributed by atoms with Crippen LogP contribution in [0.25, 0.3) is 21.6 Å². The highest BCUT2D eigenvalue weighted by Crippen LogP contribution is 2.39. The maximum atomic E-state index is 16.2. The van der Waals surface area contributed by atoms with Gasteiger partial charge in [0, 0.05) is 139 Å². The van der Waals surface area contributed by atoms with E-state index in [9.17, 15) is 51.8 Å². The number of aliphatic hydroxyl groups is 1. The van der Waals surface area contributed by atoms with Crippen molar-refractivity contribution >= 4 is 63.8 Å². The van der Waals surface area contributed by atoms with Crippen molar-refractivity contribution in [2.45, 2.75) is 156 Å². The molecule has 0 unspecified atom stereocenters. The van der Waals surface area contributed by atoms with E-state index in [4.69, 9.17) is 0 Å². The van der Waals surface area contributed by atoms with Crippen LogP contribution < -0.4 is 31.3 Å². The number of ketones is 1. The van der Waals surface area contributed by atoms with Gasteiger partial charge in [-0.15, -0.1) is 11.3 Å². The zero-order valence-electron chi connectivity index (χ0n) is 52.5. The normalized spacial score (nSPS) is 18.6. The van der Waals surface area contributed by atoms with Crippen molar-refractivity contribution in [3.63, 3.8) is 0 Å². The molecule has 3 aromatic heterocycles. The molecule has 19 nitrogen and oxygen atoms in total. The Hall–Kier alpha value is -7.57. The summed E-state index contributed by atoms with van der Waals surface area (Å²) in [6.07, 6.45) is 3.20. The Kier molecular flexibility index (Phi) is 23.2. The van der Waals surface area contributed by atoms with Gasteiger partial charge in [-0.05, 0) is 81.5 Å². The number of nitrogens with one attached hydrogen (secondary N) is 4. The first-order valence-corrected chi connectivity index (χ1v) is 32.1. The van der Waals surface area contributed by atoms with Gasteiger partial charge in [-0.3, -0.25) is 38.5 Å². The third kappa shape index (κ3) is 17.9. The zero-order valence-corrected chi connectivity index (χ0v) is 53.3. The number of anilines is 3. The molecule has 90 heavy (non-hydrogen) atoms. The summed E-state index contributed by atoms with van der Waals surface area (Å²) >= 11 is 1.57. The second-order valence-corrected chi connectivity index (χ2v) is 26.1. The maximum absolute atomic E-state index is 16.2. The number of H-pyrrole nitrogens is 1. The predicted octanol–water partition coefficient (Wildman–Crippen LogP) is 9.37. The molecule has 0 spiro atoms. The first-order valence-electron chi connectivity index (χ1n) is 31.2. The van der Waals surface area contributed by atoms with Crippen LogP contribution in [-0.2, 0) is 36.7 Å². The summed E-state index contributed by atoms with van der Waals surface area (Å²) in [5, 5.41) is 19.1. The standard InChI is InChI=1S/C66H85F4N11O8S/c1-41-37-80(38-42(2)77(41)7)55-33-53(67)49(31-54(55)76-62(87)50-36-73-59(85)32-51(50)66(68,69)70)46-20-21-57(72-35-46)78-25-27-79(28-26-78)60(86)23-22-58(84)71-24-14-12-10-8-9-11-13-15-47(82)29-52(65(4,5)6)64(89)81-39-48(83)30-56(81)63(88)74-34-44-16-18-45(19-17-44)61-43(3)75-40-90-61/h16-21,31-33,35-36,40-42,48,52,56,83H,8-15,22-30,34,37-39H2,1-7H3,(H,71,84)(H,73,85)(H,74,88)(H,76,87)/t41-,42+,48-,52-,56+/m1/s1. The van der Waals surface area contributed by atoms with Crippen LogP contribution in [0, 0.1) is 24.1 Å². The van der Waals surface area contributed by atoms with Gasteiger partial charge in [-0.1, -0.05) is 77.1 Å². The number of carbonyl (C=O) groups excluding carboxylic acids is 6. The summed E-state index contributed by atoms with van der Waals surface area (Å²) in [7, 11) is 1.97. The van der Waals surface area contributed by atoms with Gasteiger partial charge in [0.05, 0.1) is 44.7 Å². The van der Waals surface area contributed by atoms with Crippen LogP contribution in [0.2, 0.25) is 0 Å². The number of thiazole rings is 1. The predicted molar refractivity (Wildman–Crippen MR) is 339 cm³/mol. The minimum absolute atomic E-state index is 0.000656. The van der Waals surface area contributed by atoms with Crippen LogP contribution in [0.3, 0.4) is 0 Å². The van der Waals surface area contributed by atoms with Gasteiger partial charge in [0.25, 0.3) is 5.91 Å². The smallest absolute Gasteiger partial charge is 0.391 e. The van der Waals surface area contributed by atoms with E-state index in [1.165, 1.54) is 23.2 Å². The first-order chi connectivity index (χ1) is 42.7. The Bertz CT molecular complexity index is 3370. The lowest BCUT2D eigenvalue weighted by molar-refractivity contribution is -0.146. The Morgan fingerprint density at radius 3 is 2.10 bits per heavy atom. The Morgan fingerprint density at radius 2 is 1.47 bits per heavy atom. The topological polar surface area (TPSA) is 234 Å². The van der Waals surface area contributed by atoms with E-state index >= 15 is 4.39 Å². The van der Waals surface area contributed by atoms with E-state index in [2.05, 4.69) is 35.8 Å². The fraction of sp³-hybridized carbons (Fsp3) is 0.530. The van der Waals surface area contributed by atoms with E-state index in [1.807, 2.05) is 88.2 Å². The summed E-state index contributed by atoms with van der Waals surface area (Å²) in [5.74, 6) is -2.81. The van der Waals surface area contributed by atoms with Crippen LogP contribution in [-0.4, -0.2) is 154 Å². The molecule has 5 aromatic rings. The van der Waals surface area contributed by atoms with E-state index in [1.54, 1.807) is 28.4 Å². The van der Waals surface area contributed by atoms with Crippen molar-refractivity contribution in [2.24, 2.45) is 11.3 Å². The van der Waals surface area contributed by atoms with Crippen molar-refractivity contribution in [1.82, 2.24) is 40.3 Å². The lowest BCUT2D eigenvalue weighted by atomic mass is 9.76. The second kappa shape index (κ2) is 30.5. The van der Waals surface area contributed by atoms with Crippen LogP contribution in [0.5, 0.6) is 0 Å². The molecule has 0 radical (unpaired) electrons. The molecule has 6 heterocycles. The van der Waals surface area contributed by atoms with Gasteiger partial charge in [0.1, 0.15) is 23.5 Å². The largest absolute Gasteiger partial charge is 0.417 e. The van der Waals surface area contributed by atoms with Gasteiger partial charge in [0.15, 0.2) is 0 Å². The Balaban J connectivity index is 0.707. The molecule has 3 saturated heterocycles. The lowest BCUT2D eigenvalue weighted by Crippen LogP contribution is -2.55. The monoisotopic (exact) mass is 1270 g/mol. The molecule has 0 saturated carbocycles. The number of unbranched alkanes of at least 4 members (excludes halogenated alkanes) is 6. The zero-order chi connectivity index (χ0) is 65.0. The number of hydrogen-bond donors (Lipinski definition) is 5. The van der Waals surface area contributed by atoms with Gasteiger partial charge in [0.2, 0.25) is 29.2 Å². The highest BCUT2D eigenvalue weighted by atomic mass is 32.1. The number of aromatic nitrogens is 3. The second-order valence-electron chi connectivity index (χ2n) is 25.3. The number of hydrogen-bond acceptors (Lipinski definition) is 14. The summed E-state index contributed by atoms with van der Waals surface area (Å²) in [5.41, 5.74) is 1.69. The average Bonchev–Trinajstić information content (AvgIpc) is 1.08. The van der Waals surface area contributed by atoms with Crippen molar-refractivity contribution in [3.8, 4) is 21.6 Å². The van der Waals surface area contributed by atoms with E-state index in [0.717, 1.165) is 60.2 Å². The van der Waals surface area contributed by atoms with Crippen molar-refractivity contribution < 1.29 is 51.4 Å². The number of benzene rings is 2. The molecule has 5 amide bonds. The number of likely N-dealkylation sites (tertiary alicyclic amines) is 1. The number of carbonyl (C=O) groups is 6. The van der Waals surface area contributed by atoms with Gasteiger partial charge < -0.3 is 45.6 Å². The van der Waals surface area contributed by atoms with Gasteiger partial charge in [-0.2, -0.15) is 13.2 Å². The fourth-order valence-corrected chi connectivity index (χ4v) is 12.8. The molecule has 486 valence electrons. The van der Waals surface area contributed by atoms with Gasteiger partial charge >= 0.3 is 6.18 Å². The molecule has 5 atom stereocenters. The lowest BCUT2D eigenvalue weighted by Gasteiger charge is -2.44. The number of aryl methyl sites for hydroxylation is 1. The molecule has 2 aromatic carbocycles. The molecule has 0 aliphatic carbocycles. The molecule has 8 rings (SSSR count). The Morgan fingerprint density at radius 1 is 0.800 bits per heavy atom. The SMILES string of the molecule is Cc1ncsc1-c1ccc(CNC(=O)[C@@H]2C[C@@H](O)CN2C(=O)[C@@H](CC(=O)CCCCCCCCCNC(=O)CCC(=O)N2CCN(c3ccc(-c4cc(NC(=O)c5c[nH]c(=O)cc5C(F)(F)F)c(N5C[C@@H](C)N(C)[C@@H](C)C5)cc4F)cn3)CC2)C(C)(C)C)cc1. The molecule has 3 aliphatic heterocycles. The number of β-amino-alcohol motifs (C(OH)–C–C–N with tert-alkyl or cyclic N) is 1. The fourth-order valence-electron chi connectivity index (χ4n) is 12.0. The maximum Gasteiger partial charge on any atom is 0.417 e. The number of piperazine rings is 2. The molecule has 3 aliphatic rings. The summed E-state index contributed by atoms with van der Waals surface area (Å²) < 4.78 is 58.2.